The second kappa shape index (κ2) is 5.39. The van der Waals surface area contributed by atoms with E-state index in [1.54, 1.807) is 6.92 Å². The maximum atomic E-state index is 13.4. The summed E-state index contributed by atoms with van der Waals surface area (Å²) in [5.41, 5.74) is 0.0617. The first-order valence-corrected chi connectivity index (χ1v) is 4.84. The first-order chi connectivity index (χ1) is 7.58. The molecule has 0 aliphatic rings. The van der Waals surface area contributed by atoms with E-state index < -0.39 is 17.6 Å². The van der Waals surface area contributed by atoms with Crippen molar-refractivity contribution < 1.29 is 18.3 Å². The molecule has 1 aromatic rings. The van der Waals surface area contributed by atoms with E-state index in [9.17, 15) is 13.6 Å². The van der Waals surface area contributed by atoms with Crippen molar-refractivity contribution in [1.29, 1.82) is 0 Å². The number of benzene rings is 1. The van der Waals surface area contributed by atoms with Crippen LogP contribution in [0.5, 0.6) is 0 Å². The second-order valence-electron chi connectivity index (χ2n) is 3.15. The third kappa shape index (κ3) is 2.89. The molecule has 0 aromatic heterocycles. The van der Waals surface area contributed by atoms with Crippen LogP contribution in [0.4, 0.5) is 8.78 Å². The average Bonchev–Trinajstić information content (AvgIpc) is 2.23. The van der Waals surface area contributed by atoms with E-state index in [0.29, 0.717) is 0 Å². The molecule has 0 saturated carbocycles. The van der Waals surface area contributed by atoms with E-state index in [1.165, 1.54) is 6.08 Å². The van der Waals surface area contributed by atoms with Crippen molar-refractivity contribution in [2.24, 2.45) is 0 Å². The lowest BCUT2D eigenvalue weighted by Crippen LogP contribution is -2.09. The molecule has 4 heteroatoms. The van der Waals surface area contributed by atoms with Crippen LogP contribution >= 0.6 is 0 Å². The first-order valence-electron chi connectivity index (χ1n) is 4.84. The summed E-state index contributed by atoms with van der Waals surface area (Å²) in [6.45, 7) is 5.22. The van der Waals surface area contributed by atoms with Gasteiger partial charge in [-0.05, 0) is 19.1 Å². The van der Waals surface area contributed by atoms with Gasteiger partial charge in [-0.15, -0.1) is 0 Å². The maximum Gasteiger partial charge on any atom is 0.310 e. The van der Waals surface area contributed by atoms with Crippen LogP contribution in [0.2, 0.25) is 0 Å². The lowest BCUT2D eigenvalue weighted by molar-refractivity contribution is -0.142. The minimum absolute atomic E-state index is 0.0125. The van der Waals surface area contributed by atoms with Crippen LogP contribution in [-0.2, 0) is 16.0 Å². The number of rotatable bonds is 4. The highest BCUT2D eigenvalue weighted by Gasteiger charge is 2.12. The van der Waals surface area contributed by atoms with Crippen LogP contribution < -0.4 is 0 Å². The number of carbonyl (C=O) groups is 1. The van der Waals surface area contributed by atoms with Gasteiger partial charge >= 0.3 is 5.97 Å². The molecule has 0 spiro atoms. The molecule has 0 radical (unpaired) electrons. The zero-order valence-corrected chi connectivity index (χ0v) is 8.93. The van der Waals surface area contributed by atoms with Crippen LogP contribution in [0.3, 0.4) is 0 Å². The van der Waals surface area contributed by atoms with Gasteiger partial charge in [-0.3, -0.25) is 4.79 Å². The average molecular weight is 226 g/mol. The molecule has 0 heterocycles. The fourth-order valence-electron chi connectivity index (χ4n) is 1.26. The summed E-state index contributed by atoms with van der Waals surface area (Å²) in [6.07, 6.45) is 0.945. The van der Waals surface area contributed by atoms with Crippen LogP contribution in [0.15, 0.2) is 18.7 Å². The lowest BCUT2D eigenvalue weighted by Gasteiger charge is -2.05. The minimum Gasteiger partial charge on any atom is -0.466 e. The Bertz CT molecular complexity index is 414. The topological polar surface area (TPSA) is 26.3 Å². The summed E-state index contributed by atoms with van der Waals surface area (Å²) in [5.74, 6) is -1.81. The Morgan fingerprint density at radius 3 is 2.69 bits per heavy atom. The molecule has 0 fully saturated rings. The molecular formula is C12H12F2O2. The Morgan fingerprint density at radius 1 is 1.44 bits per heavy atom. The zero-order valence-electron chi connectivity index (χ0n) is 8.93. The van der Waals surface area contributed by atoms with Gasteiger partial charge in [0.05, 0.1) is 13.0 Å². The first kappa shape index (κ1) is 12.4. The van der Waals surface area contributed by atoms with Gasteiger partial charge in [0, 0.05) is 11.1 Å². The predicted octanol–water partition coefficient (Wildman–Crippen LogP) is 2.71. The number of ether oxygens (including phenoxy) is 1. The summed E-state index contributed by atoms with van der Waals surface area (Å²) in [4.78, 5) is 11.1. The Hall–Kier alpha value is -1.71. The molecule has 0 saturated heterocycles. The highest BCUT2D eigenvalue weighted by atomic mass is 19.1. The number of hydrogen-bond acceptors (Lipinski definition) is 2. The van der Waals surface area contributed by atoms with Crippen molar-refractivity contribution in [2.75, 3.05) is 6.61 Å². The highest BCUT2D eigenvalue weighted by molar-refractivity contribution is 5.72. The fraction of sp³-hybridized carbons (Fsp3) is 0.250. The third-order valence-electron chi connectivity index (χ3n) is 2.03. The SMILES string of the molecule is C=Cc1cc(F)c(CC(=O)OCC)cc1F. The van der Waals surface area contributed by atoms with Crippen LogP contribution in [0.25, 0.3) is 6.08 Å². The van der Waals surface area contributed by atoms with Crippen molar-refractivity contribution in [3.8, 4) is 0 Å². The van der Waals surface area contributed by atoms with E-state index in [2.05, 4.69) is 11.3 Å². The number of esters is 1. The van der Waals surface area contributed by atoms with E-state index >= 15 is 0 Å². The molecule has 1 rings (SSSR count). The van der Waals surface area contributed by atoms with Crippen LogP contribution in [-0.4, -0.2) is 12.6 Å². The largest absolute Gasteiger partial charge is 0.466 e. The van der Waals surface area contributed by atoms with Crippen molar-refractivity contribution in [3.63, 3.8) is 0 Å². The Kier molecular flexibility index (Phi) is 4.17. The summed E-state index contributed by atoms with van der Waals surface area (Å²) >= 11 is 0. The van der Waals surface area contributed by atoms with Gasteiger partial charge in [0.15, 0.2) is 0 Å². The van der Waals surface area contributed by atoms with E-state index in [0.717, 1.165) is 12.1 Å². The Labute approximate surface area is 92.5 Å². The van der Waals surface area contributed by atoms with Gasteiger partial charge in [0.2, 0.25) is 0 Å². The molecule has 0 bridgehead atoms. The molecule has 0 amide bonds. The van der Waals surface area contributed by atoms with Crippen LogP contribution in [0, 0.1) is 11.6 Å². The molecule has 1 aromatic carbocycles. The third-order valence-corrected chi connectivity index (χ3v) is 2.03. The standard InChI is InChI=1S/C12H12F2O2/c1-3-8-5-11(14)9(6-10(8)13)7-12(15)16-4-2/h3,5-6H,1,4,7H2,2H3. The van der Waals surface area contributed by atoms with Gasteiger partial charge in [-0.25, -0.2) is 8.78 Å². The normalized spacial score (nSPS) is 9.94. The maximum absolute atomic E-state index is 13.4. The quantitative estimate of drug-likeness (QED) is 0.738. The van der Waals surface area contributed by atoms with Gasteiger partial charge in [0.25, 0.3) is 0 Å². The molecular weight excluding hydrogens is 214 g/mol. The van der Waals surface area contributed by atoms with E-state index in [4.69, 9.17) is 0 Å². The lowest BCUT2D eigenvalue weighted by atomic mass is 10.1. The van der Waals surface area contributed by atoms with Crippen molar-refractivity contribution in [1.82, 2.24) is 0 Å². The number of hydrogen-bond donors (Lipinski definition) is 0. The molecule has 16 heavy (non-hydrogen) atoms. The Morgan fingerprint density at radius 2 is 2.12 bits per heavy atom. The van der Waals surface area contributed by atoms with Crippen LogP contribution in [0.1, 0.15) is 18.1 Å². The summed E-state index contributed by atoms with van der Waals surface area (Å²) in [5, 5.41) is 0. The highest BCUT2D eigenvalue weighted by Crippen LogP contribution is 2.16. The molecule has 0 N–H and O–H groups in total. The monoisotopic (exact) mass is 226 g/mol. The number of carbonyl (C=O) groups excluding carboxylic acids is 1. The van der Waals surface area contributed by atoms with Crippen molar-refractivity contribution >= 4 is 12.0 Å². The second-order valence-corrected chi connectivity index (χ2v) is 3.15. The van der Waals surface area contributed by atoms with E-state index in [1.807, 2.05) is 0 Å². The molecule has 86 valence electrons. The van der Waals surface area contributed by atoms with Gasteiger partial charge in [-0.2, -0.15) is 0 Å². The smallest absolute Gasteiger partial charge is 0.310 e. The summed E-state index contributed by atoms with van der Waals surface area (Å²) < 4.78 is 31.3. The summed E-state index contributed by atoms with van der Waals surface area (Å²) in [7, 11) is 0. The molecule has 0 aliphatic carbocycles. The fourth-order valence-corrected chi connectivity index (χ4v) is 1.26. The van der Waals surface area contributed by atoms with Gasteiger partial charge < -0.3 is 4.74 Å². The van der Waals surface area contributed by atoms with Crippen molar-refractivity contribution in [2.45, 2.75) is 13.3 Å². The minimum atomic E-state index is -0.635. The molecule has 0 aliphatic heterocycles. The Balaban J connectivity index is 2.93. The zero-order chi connectivity index (χ0) is 12.1. The van der Waals surface area contributed by atoms with Crippen molar-refractivity contribution in [3.05, 3.63) is 41.5 Å². The predicted molar refractivity (Wildman–Crippen MR) is 56.8 cm³/mol. The summed E-state index contributed by atoms with van der Waals surface area (Å²) in [6, 6.07) is 2.00. The molecule has 0 unspecified atom stereocenters. The molecule has 2 nitrogen and oxygen atoms in total. The van der Waals surface area contributed by atoms with E-state index in [-0.39, 0.29) is 24.2 Å². The number of halogens is 2. The van der Waals surface area contributed by atoms with Gasteiger partial charge in [-0.1, -0.05) is 12.7 Å². The molecule has 0 atom stereocenters. The van der Waals surface area contributed by atoms with Gasteiger partial charge in [0.1, 0.15) is 11.6 Å².